The van der Waals surface area contributed by atoms with Crippen LogP contribution >= 0.6 is 11.5 Å². The van der Waals surface area contributed by atoms with Gasteiger partial charge in [-0.25, -0.2) is 0 Å². The number of carbonyl (C=O) groups is 1. The molecule has 0 atom stereocenters. The molecule has 1 aliphatic heterocycles. The van der Waals surface area contributed by atoms with Crippen molar-refractivity contribution in [2.45, 2.75) is 19.4 Å². The zero-order valence-corrected chi connectivity index (χ0v) is 10.7. The number of ether oxygens (including phenoxy) is 1. The van der Waals surface area contributed by atoms with Crippen molar-refractivity contribution in [2.24, 2.45) is 0 Å². The summed E-state index contributed by atoms with van der Waals surface area (Å²) in [6, 6.07) is 1.91. The van der Waals surface area contributed by atoms with Crippen molar-refractivity contribution < 1.29 is 9.53 Å². The molecule has 3 heterocycles. The van der Waals surface area contributed by atoms with Gasteiger partial charge in [0.05, 0.1) is 7.11 Å². The Labute approximate surface area is 108 Å². The van der Waals surface area contributed by atoms with Gasteiger partial charge in [-0.3, -0.25) is 9.48 Å². The molecule has 2 aromatic rings. The molecule has 1 N–H and O–H groups in total. The Morgan fingerprint density at radius 2 is 2.50 bits per heavy atom. The maximum Gasteiger partial charge on any atom is 0.263 e. The molecule has 18 heavy (non-hydrogen) atoms. The molecule has 0 aromatic carbocycles. The van der Waals surface area contributed by atoms with E-state index >= 15 is 0 Å². The second-order valence-electron chi connectivity index (χ2n) is 4.04. The summed E-state index contributed by atoms with van der Waals surface area (Å²) in [6.45, 7) is 0.925. The third-order valence-electron chi connectivity index (χ3n) is 2.88. The lowest BCUT2D eigenvalue weighted by atomic mass is 10.3. The quantitative estimate of drug-likeness (QED) is 0.913. The van der Waals surface area contributed by atoms with E-state index in [1.165, 1.54) is 24.3 Å². The van der Waals surface area contributed by atoms with Crippen LogP contribution in [0.1, 0.15) is 22.5 Å². The number of aryl methyl sites for hydroxylation is 2. The van der Waals surface area contributed by atoms with Crippen LogP contribution in [0.25, 0.3) is 0 Å². The second kappa shape index (κ2) is 4.41. The Morgan fingerprint density at radius 3 is 3.28 bits per heavy atom. The highest BCUT2D eigenvalue weighted by molar-refractivity contribution is 7.04. The molecule has 0 fully saturated rings. The lowest BCUT2D eigenvalue weighted by Gasteiger charge is -2.01. The van der Waals surface area contributed by atoms with E-state index in [4.69, 9.17) is 4.74 Å². The fourth-order valence-electron chi connectivity index (χ4n) is 2.03. The summed E-state index contributed by atoms with van der Waals surface area (Å²) in [4.78, 5) is 12.0. The SMILES string of the molecule is COc1nscc1C(=O)Nc1cc2n(n1)CCC2. The van der Waals surface area contributed by atoms with Gasteiger partial charge in [-0.05, 0) is 24.4 Å². The average Bonchev–Trinajstić information content (AvgIpc) is 3.02. The molecule has 7 heteroatoms. The van der Waals surface area contributed by atoms with Crippen LogP contribution in [0.3, 0.4) is 0 Å². The number of rotatable bonds is 3. The van der Waals surface area contributed by atoms with Crippen molar-refractivity contribution >= 4 is 23.3 Å². The van der Waals surface area contributed by atoms with Gasteiger partial charge in [-0.15, -0.1) is 0 Å². The van der Waals surface area contributed by atoms with Gasteiger partial charge in [0.1, 0.15) is 5.56 Å². The highest BCUT2D eigenvalue weighted by atomic mass is 32.1. The van der Waals surface area contributed by atoms with E-state index in [1.54, 1.807) is 5.38 Å². The summed E-state index contributed by atoms with van der Waals surface area (Å²) >= 11 is 1.19. The van der Waals surface area contributed by atoms with E-state index < -0.39 is 0 Å². The molecule has 2 aromatic heterocycles. The predicted molar refractivity (Wildman–Crippen MR) is 67.2 cm³/mol. The highest BCUT2D eigenvalue weighted by Crippen LogP contribution is 2.22. The predicted octanol–water partition coefficient (Wildman–Crippen LogP) is 1.55. The van der Waals surface area contributed by atoms with Crippen molar-refractivity contribution in [1.82, 2.24) is 14.2 Å². The first-order chi connectivity index (χ1) is 8.78. The highest BCUT2D eigenvalue weighted by Gasteiger charge is 2.18. The number of anilines is 1. The molecule has 94 valence electrons. The van der Waals surface area contributed by atoms with E-state index in [0.717, 1.165) is 19.4 Å². The third-order valence-corrected chi connectivity index (χ3v) is 3.49. The monoisotopic (exact) mass is 264 g/mol. The first-order valence-corrected chi connectivity index (χ1v) is 6.48. The van der Waals surface area contributed by atoms with Gasteiger partial charge in [0.2, 0.25) is 5.88 Å². The number of aromatic nitrogens is 3. The molecule has 0 aliphatic carbocycles. The molecule has 6 nitrogen and oxygen atoms in total. The van der Waals surface area contributed by atoms with Crippen molar-refractivity contribution in [2.75, 3.05) is 12.4 Å². The average molecular weight is 264 g/mol. The Bertz CT molecular complexity index is 568. The second-order valence-corrected chi connectivity index (χ2v) is 4.67. The van der Waals surface area contributed by atoms with Crippen LogP contribution < -0.4 is 10.1 Å². The minimum absolute atomic E-state index is 0.239. The molecule has 0 radical (unpaired) electrons. The summed E-state index contributed by atoms with van der Waals surface area (Å²) in [5.74, 6) is 0.699. The van der Waals surface area contributed by atoms with Crippen LogP contribution in [0.5, 0.6) is 5.88 Å². The number of nitrogens with zero attached hydrogens (tertiary/aromatic N) is 3. The minimum Gasteiger partial charge on any atom is -0.480 e. The Hall–Kier alpha value is -1.89. The topological polar surface area (TPSA) is 69.0 Å². The molecule has 0 bridgehead atoms. The van der Waals surface area contributed by atoms with Gasteiger partial charge in [0.25, 0.3) is 5.91 Å². The fraction of sp³-hybridized carbons (Fsp3) is 0.364. The maximum absolute atomic E-state index is 12.0. The first-order valence-electron chi connectivity index (χ1n) is 5.64. The molecule has 1 amide bonds. The van der Waals surface area contributed by atoms with Crippen LogP contribution in [0.2, 0.25) is 0 Å². The van der Waals surface area contributed by atoms with Crippen molar-refractivity contribution in [3.63, 3.8) is 0 Å². The van der Waals surface area contributed by atoms with E-state index in [-0.39, 0.29) is 5.91 Å². The Balaban J connectivity index is 1.78. The summed E-state index contributed by atoms with van der Waals surface area (Å²) in [6.07, 6.45) is 2.14. The van der Waals surface area contributed by atoms with Gasteiger partial charge in [-0.2, -0.15) is 9.47 Å². The zero-order chi connectivity index (χ0) is 12.5. The Kier molecular flexibility index (Phi) is 2.75. The Morgan fingerprint density at radius 1 is 1.61 bits per heavy atom. The number of hydrogen-bond acceptors (Lipinski definition) is 5. The number of nitrogens with one attached hydrogen (secondary N) is 1. The van der Waals surface area contributed by atoms with Gasteiger partial charge in [0.15, 0.2) is 5.82 Å². The van der Waals surface area contributed by atoms with Gasteiger partial charge < -0.3 is 10.1 Å². The molecule has 0 saturated heterocycles. The van der Waals surface area contributed by atoms with Crippen molar-refractivity contribution in [3.05, 3.63) is 22.7 Å². The summed E-state index contributed by atoms with van der Waals surface area (Å²) in [7, 11) is 1.50. The normalized spacial score (nSPS) is 13.4. The van der Waals surface area contributed by atoms with E-state index in [2.05, 4.69) is 14.8 Å². The summed E-state index contributed by atoms with van der Waals surface area (Å²) in [5, 5.41) is 8.75. The van der Waals surface area contributed by atoms with Crippen LogP contribution in [0.4, 0.5) is 5.82 Å². The van der Waals surface area contributed by atoms with Crippen LogP contribution in [-0.2, 0) is 13.0 Å². The van der Waals surface area contributed by atoms with Gasteiger partial charge in [-0.1, -0.05) is 0 Å². The van der Waals surface area contributed by atoms with Gasteiger partial charge >= 0.3 is 0 Å². The molecule has 3 rings (SSSR count). The van der Waals surface area contributed by atoms with Crippen molar-refractivity contribution in [3.8, 4) is 5.88 Å². The number of hydrogen-bond donors (Lipinski definition) is 1. The molecule has 0 saturated carbocycles. The largest absolute Gasteiger partial charge is 0.480 e. The molecular weight excluding hydrogens is 252 g/mol. The molecule has 1 aliphatic rings. The number of amides is 1. The number of carbonyl (C=O) groups excluding carboxylic acids is 1. The lowest BCUT2D eigenvalue weighted by molar-refractivity contribution is 0.102. The van der Waals surface area contributed by atoms with E-state index in [0.29, 0.717) is 17.3 Å². The standard InChI is InChI=1S/C11H12N4O2S/c1-17-11-8(6-18-14-11)10(16)12-9-5-7-3-2-4-15(7)13-9/h5-6H,2-4H2,1H3,(H,12,13,16). The zero-order valence-electron chi connectivity index (χ0n) is 9.84. The van der Waals surface area contributed by atoms with Crippen molar-refractivity contribution in [1.29, 1.82) is 0 Å². The maximum atomic E-state index is 12.0. The van der Waals surface area contributed by atoms with E-state index in [9.17, 15) is 4.79 Å². The fourth-order valence-corrected chi connectivity index (χ4v) is 2.66. The number of methoxy groups -OCH3 is 1. The van der Waals surface area contributed by atoms with Gasteiger partial charge in [0, 0.05) is 23.7 Å². The molecular formula is C11H12N4O2S. The minimum atomic E-state index is -0.239. The van der Waals surface area contributed by atoms with Crippen LogP contribution in [-0.4, -0.2) is 27.2 Å². The lowest BCUT2D eigenvalue weighted by Crippen LogP contribution is -2.13. The first kappa shape index (κ1) is 11.2. The smallest absolute Gasteiger partial charge is 0.263 e. The molecule has 0 spiro atoms. The molecule has 0 unspecified atom stereocenters. The summed E-state index contributed by atoms with van der Waals surface area (Å²) < 4.78 is 10.9. The van der Waals surface area contributed by atoms with E-state index in [1.807, 2.05) is 10.7 Å². The van der Waals surface area contributed by atoms with Crippen LogP contribution in [0, 0.1) is 0 Å². The third kappa shape index (κ3) is 1.86. The van der Waals surface area contributed by atoms with Crippen LogP contribution in [0.15, 0.2) is 11.4 Å². The number of fused-ring (bicyclic) bond motifs is 1. The summed E-state index contributed by atoms with van der Waals surface area (Å²) in [5.41, 5.74) is 1.61.